The second-order valence-corrected chi connectivity index (χ2v) is 8.39. The zero-order chi connectivity index (χ0) is 13.0. The molecule has 0 amide bonds. The molecule has 0 aromatic carbocycles. The van der Waals surface area contributed by atoms with Gasteiger partial charge in [0, 0.05) is 11.1 Å². The van der Waals surface area contributed by atoms with Gasteiger partial charge in [0.25, 0.3) is 0 Å². The number of nitrogens with zero attached hydrogens (tertiary/aromatic N) is 1. The van der Waals surface area contributed by atoms with Crippen LogP contribution in [0, 0.1) is 5.41 Å². The molecule has 1 saturated heterocycles. The molecule has 0 radical (unpaired) electrons. The van der Waals surface area contributed by atoms with Crippen LogP contribution in [-0.4, -0.2) is 25.5 Å². The van der Waals surface area contributed by atoms with Crippen molar-refractivity contribution in [3.05, 3.63) is 0 Å². The van der Waals surface area contributed by atoms with Crippen LogP contribution in [0.15, 0.2) is 0 Å². The highest BCUT2D eigenvalue weighted by molar-refractivity contribution is 7.49. The minimum absolute atomic E-state index is 0.110. The second kappa shape index (κ2) is 3.55. The summed E-state index contributed by atoms with van der Waals surface area (Å²) in [6.07, 6.45) is 1.57. The van der Waals surface area contributed by atoms with Gasteiger partial charge in [-0.05, 0) is 46.0 Å². The van der Waals surface area contributed by atoms with E-state index in [9.17, 15) is 14.4 Å². The Balaban J connectivity index is 3.22. The van der Waals surface area contributed by atoms with Gasteiger partial charge in [-0.25, -0.2) is 4.57 Å². The molecular formula is C11H24NO3P. The van der Waals surface area contributed by atoms with Crippen molar-refractivity contribution in [2.75, 3.05) is 0 Å². The summed E-state index contributed by atoms with van der Waals surface area (Å²) in [5.41, 5.74) is -0.854. The number of piperidine rings is 1. The Morgan fingerprint density at radius 2 is 1.25 bits per heavy atom. The maximum Gasteiger partial charge on any atom is 0.403 e. The molecule has 0 atom stereocenters. The molecule has 1 heterocycles. The molecule has 0 aromatic heterocycles. The van der Waals surface area contributed by atoms with Gasteiger partial charge < -0.3 is 9.79 Å². The van der Waals surface area contributed by atoms with E-state index < -0.39 is 18.8 Å². The molecule has 1 rings (SSSR count). The van der Waals surface area contributed by atoms with Crippen LogP contribution in [0.5, 0.6) is 0 Å². The molecule has 96 valence electrons. The minimum atomic E-state index is -4.21. The van der Waals surface area contributed by atoms with Gasteiger partial charge in [-0.2, -0.15) is 4.67 Å². The van der Waals surface area contributed by atoms with Crippen molar-refractivity contribution in [1.29, 1.82) is 0 Å². The summed E-state index contributed by atoms with van der Waals surface area (Å²) in [5, 5.41) is 0. The predicted molar refractivity (Wildman–Crippen MR) is 65.1 cm³/mol. The molecule has 0 unspecified atom stereocenters. The first-order valence-corrected chi connectivity index (χ1v) is 7.21. The average molecular weight is 249 g/mol. The fourth-order valence-corrected chi connectivity index (χ4v) is 5.63. The van der Waals surface area contributed by atoms with Gasteiger partial charge in [0.1, 0.15) is 0 Å². The summed E-state index contributed by atoms with van der Waals surface area (Å²) in [7, 11) is -4.21. The molecule has 0 bridgehead atoms. The molecule has 2 N–H and O–H groups in total. The summed E-state index contributed by atoms with van der Waals surface area (Å²) >= 11 is 0. The Kier molecular flexibility index (Phi) is 3.14. The second-order valence-electron chi connectivity index (χ2n) is 6.97. The summed E-state index contributed by atoms with van der Waals surface area (Å²) in [4.78, 5) is 19.0. The highest BCUT2D eigenvalue weighted by Gasteiger charge is 2.54. The molecule has 4 nitrogen and oxygen atoms in total. The SMILES string of the molecule is CC1(C)CC(C)(C)N(P(=O)(O)O)C(C)(C)C1. The first kappa shape index (κ1) is 14.2. The van der Waals surface area contributed by atoms with Crippen LogP contribution in [0.4, 0.5) is 0 Å². The lowest BCUT2D eigenvalue weighted by atomic mass is 9.68. The number of rotatable bonds is 1. The molecule has 5 heteroatoms. The molecular weight excluding hydrogens is 225 g/mol. The highest BCUT2D eigenvalue weighted by atomic mass is 31.2. The fourth-order valence-electron chi connectivity index (χ4n) is 4.08. The van der Waals surface area contributed by atoms with E-state index >= 15 is 0 Å². The maximum atomic E-state index is 11.6. The van der Waals surface area contributed by atoms with Crippen molar-refractivity contribution in [2.45, 2.75) is 65.5 Å². The molecule has 1 aliphatic heterocycles. The van der Waals surface area contributed by atoms with Crippen LogP contribution < -0.4 is 0 Å². The lowest BCUT2D eigenvalue weighted by Gasteiger charge is -2.57. The van der Waals surface area contributed by atoms with E-state index in [4.69, 9.17) is 0 Å². The van der Waals surface area contributed by atoms with Crippen molar-refractivity contribution < 1.29 is 14.4 Å². The molecule has 16 heavy (non-hydrogen) atoms. The van der Waals surface area contributed by atoms with Crippen molar-refractivity contribution >= 4 is 7.75 Å². The Labute approximate surface area is 98.3 Å². The quantitative estimate of drug-likeness (QED) is 0.701. The summed E-state index contributed by atoms with van der Waals surface area (Å²) < 4.78 is 13.0. The van der Waals surface area contributed by atoms with Crippen LogP contribution in [0.2, 0.25) is 0 Å². The zero-order valence-corrected chi connectivity index (χ0v) is 12.0. The van der Waals surface area contributed by atoms with Crippen LogP contribution in [0.3, 0.4) is 0 Å². The highest BCUT2D eigenvalue weighted by Crippen LogP contribution is 2.58. The standard InChI is InChI=1S/C11H24NO3P/c1-9(2)7-10(3,4)12(16(13,14)15)11(5,6)8-9/h7-8H2,1-6H3,(H2,13,14,15). The van der Waals surface area contributed by atoms with E-state index in [1.54, 1.807) is 0 Å². The summed E-state index contributed by atoms with van der Waals surface area (Å²) in [5.74, 6) is 0. The van der Waals surface area contributed by atoms with Gasteiger partial charge in [0.15, 0.2) is 0 Å². The average Bonchev–Trinajstić information content (AvgIpc) is 1.67. The third-order valence-electron chi connectivity index (χ3n) is 3.23. The Hall–Kier alpha value is 0.110. The number of hydrogen-bond donors (Lipinski definition) is 2. The molecule has 0 spiro atoms. The first-order valence-electron chi connectivity index (χ1n) is 5.64. The molecule has 1 aliphatic rings. The maximum absolute atomic E-state index is 11.6. The minimum Gasteiger partial charge on any atom is -0.312 e. The van der Waals surface area contributed by atoms with Gasteiger partial charge in [-0.15, -0.1) is 0 Å². The van der Waals surface area contributed by atoms with Crippen molar-refractivity contribution in [2.24, 2.45) is 5.41 Å². The third kappa shape index (κ3) is 2.67. The lowest BCUT2D eigenvalue weighted by molar-refractivity contribution is -0.0321. The molecule has 0 aromatic rings. The van der Waals surface area contributed by atoms with Crippen molar-refractivity contribution in [1.82, 2.24) is 4.67 Å². The number of hydrogen-bond acceptors (Lipinski definition) is 1. The fraction of sp³-hybridized carbons (Fsp3) is 1.00. The Bertz CT molecular complexity index is 310. The van der Waals surface area contributed by atoms with Gasteiger partial charge in [-0.1, -0.05) is 13.8 Å². The zero-order valence-electron chi connectivity index (χ0n) is 11.1. The van der Waals surface area contributed by atoms with Crippen molar-refractivity contribution in [3.63, 3.8) is 0 Å². The van der Waals surface area contributed by atoms with E-state index in [0.29, 0.717) is 0 Å². The van der Waals surface area contributed by atoms with Gasteiger partial charge in [0.05, 0.1) is 0 Å². The summed E-state index contributed by atoms with van der Waals surface area (Å²) in [6, 6.07) is 0. The van der Waals surface area contributed by atoms with Crippen LogP contribution in [0.1, 0.15) is 54.4 Å². The first-order chi connectivity index (χ1) is 6.78. The van der Waals surface area contributed by atoms with Crippen molar-refractivity contribution in [3.8, 4) is 0 Å². The molecule has 0 aliphatic carbocycles. The van der Waals surface area contributed by atoms with Crippen LogP contribution in [0.25, 0.3) is 0 Å². The lowest BCUT2D eigenvalue weighted by Crippen LogP contribution is -2.60. The van der Waals surface area contributed by atoms with Gasteiger partial charge in [0.2, 0.25) is 0 Å². The smallest absolute Gasteiger partial charge is 0.312 e. The normalized spacial score (nSPS) is 29.0. The van der Waals surface area contributed by atoms with Gasteiger partial charge in [-0.3, -0.25) is 0 Å². The summed E-state index contributed by atoms with van der Waals surface area (Å²) in [6.45, 7) is 12.0. The Morgan fingerprint density at radius 3 is 1.50 bits per heavy atom. The van der Waals surface area contributed by atoms with E-state index in [1.165, 1.54) is 4.67 Å². The van der Waals surface area contributed by atoms with E-state index in [0.717, 1.165) is 12.8 Å². The van der Waals surface area contributed by atoms with Crippen LogP contribution >= 0.6 is 7.75 Å². The predicted octanol–water partition coefficient (Wildman–Crippen LogP) is 2.76. The molecule has 1 fully saturated rings. The van der Waals surface area contributed by atoms with E-state index in [2.05, 4.69) is 13.8 Å². The monoisotopic (exact) mass is 249 g/mol. The van der Waals surface area contributed by atoms with Gasteiger partial charge >= 0.3 is 7.75 Å². The third-order valence-corrected chi connectivity index (χ3v) is 4.83. The molecule has 0 saturated carbocycles. The largest absolute Gasteiger partial charge is 0.403 e. The van der Waals surface area contributed by atoms with Crippen LogP contribution in [-0.2, 0) is 4.57 Å². The Morgan fingerprint density at radius 1 is 0.938 bits per heavy atom. The van der Waals surface area contributed by atoms with E-state index in [-0.39, 0.29) is 5.41 Å². The topological polar surface area (TPSA) is 60.8 Å². The van der Waals surface area contributed by atoms with E-state index in [1.807, 2.05) is 27.7 Å².